The van der Waals surface area contributed by atoms with Gasteiger partial charge in [0, 0.05) is 0 Å². The van der Waals surface area contributed by atoms with Crippen molar-refractivity contribution in [2.75, 3.05) is 13.2 Å². The third kappa shape index (κ3) is 2.85. The first kappa shape index (κ1) is 16.0. The van der Waals surface area contributed by atoms with Crippen molar-refractivity contribution in [3.05, 3.63) is 35.9 Å². The molecule has 3 rings (SSSR count). The second-order valence-corrected chi connectivity index (χ2v) is 6.82. The summed E-state index contributed by atoms with van der Waals surface area (Å²) in [5.74, 6) is -0.137. The molecule has 5 heteroatoms. The second-order valence-electron chi connectivity index (χ2n) is 6.82. The van der Waals surface area contributed by atoms with Crippen molar-refractivity contribution in [3.63, 3.8) is 0 Å². The van der Waals surface area contributed by atoms with E-state index in [-0.39, 0.29) is 11.9 Å². The number of rotatable bonds is 4. The van der Waals surface area contributed by atoms with Crippen LogP contribution in [0.4, 0.5) is 4.79 Å². The first-order chi connectivity index (χ1) is 11.1. The van der Waals surface area contributed by atoms with Crippen molar-refractivity contribution >= 4 is 11.9 Å². The Morgan fingerprint density at radius 3 is 2.70 bits per heavy atom. The number of urea groups is 1. The number of likely N-dealkylation sites (tertiary alicyclic amines) is 1. The van der Waals surface area contributed by atoms with E-state index in [9.17, 15) is 9.59 Å². The van der Waals surface area contributed by atoms with Crippen molar-refractivity contribution in [3.8, 4) is 0 Å². The van der Waals surface area contributed by atoms with Crippen LogP contribution in [0.15, 0.2) is 30.3 Å². The number of carbonyl (C=O) groups excluding carboxylic acids is 2. The first-order valence-electron chi connectivity index (χ1n) is 8.60. The highest BCUT2D eigenvalue weighted by Crippen LogP contribution is 2.28. The number of nitrogens with one attached hydrogen (secondary N) is 2. The van der Waals surface area contributed by atoms with Crippen LogP contribution in [0.3, 0.4) is 0 Å². The van der Waals surface area contributed by atoms with Crippen molar-refractivity contribution in [1.29, 1.82) is 0 Å². The smallest absolute Gasteiger partial charge is 0.319 e. The summed E-state index contributed by atoms with van der Waals surface area (Å²) < 4.78 is 0. The summed E-state index contributed by atoms with van der Waals surface area (Å²) in [4.78, 5) is 28.1. The van der Waals surface area contributed by atoms with E-state index in [1.165, 1.54) is 29.1 Å². The lowest BCUT2D eigenvalue weighted by molar-refractivity contribution is -0.937. The number of hydrogen-bond acceptors (Lipinski definition) is 2. The Morgan fingerprint density at radius 1 is 1.26 bits per heavy atom. The molecule has 1 aromatic rings. The van der Waals surface area contributed by atoms with Crippen LogP contribution in [0.2, 0.25) is 0 Å². The monoisotopic (exact) mass is 316 g/mol. The zero-order valence-electron chi connectivity index (χ0n) is 14.0. The van der Waals surface area contributed by atoms with Gasteiger partial charge in [0.2, 0.25) is 0 Å². The predicted octanol–water partition coefficient (Wildman–Crippen LogP) is 1.26. The van der Waals surface area contributed by atoms with Crippen LogP contribution in [-0.2, 0) is 10.3 Å². The quantitative estimate of drug-likeness (QED) is 0.822. The molecule has 1 unspecified atom stereocenters. The van der Waals surface area contributed by atoms with Gasteiger partial charge in [-0.1, -0.05) is 37.3 Å². The van der Waals surface area contributed by atoms with Crippen LogP contribution in [0.25, 0.3) is 0 Å². The molecule has 0 bridgehead atoms. The van der Waals surface area contributed by atoms with Gasteiger partial charge >= 0.3 is 6.03 Å². The van der Waals surface area contributed by atoms with Gasteiger partial charge in [-0.2, -0.15) is 0 Å². The van der Waals surface area contributed by atoms with Crippen molar-refractivity contribution < 1.29 is 14.5 Å². The van der Waals surface area contributed by atoms with E-state index in [1.54, 1.807) is 6.92 Å². The summed E-state index contributed by atoms with van der Waals surface area (Å²) in [5, 5.41) is 2.89. The number of carbonyl (C=O) groups is 2. The lowest BCUT2D eigenvalue weighted by atomic mass is 9.92. The van der Waals surface area contributed by atoms with Crippen molar-refractivity contribution in [1.82, 2.24) is 10.2 Å². The Balaban J connectivity index is 1.79. The lowest BCUT2D eigenvalue weighted by Crippen LogP contribution is -3.18. The number of benzene rings is 1. The molecule has 2 N–H and O–H groups in total. The summed E-state index contributed by atoms with van der Waals surface area (Å²) in [6.07, 6.45) is 4.70. The average molecular weight is 316 g/mol. The third-order valence-corrected chi connectivity index (χ3v) is 5.36. The van der Waals surface area contributed by atoms with E-state index >= 15 is 0 Å². The van der Waals surface area contributed by atoms with E-state index < -0.39 is 5.54 Å². The number of piperidine rings is 1. The molecule has 2 saturated heterocycles. The highest BCUT2D eigenvalue weighted by atomic mass is 16.2. The van der Waals surface area contributed by atoms with Gasteiger partial charge in [0.1, 0.15) is 5.54 Å². The maximum atomic E-state index is 12.9. The van der Waals surface area contributed by atoms with Crippen LogP contribution in [0.1, 0.15) is 45.1 Å². The molecule has 2 fully saturated rings. The minimum atomic E-state index is -0.949. The fourth-order valence-electron chi connectivity index (χ4n) is 3.86. The molecule has 3 amide bonds. The molecule has 0 saturated carbocycles. The topological polar surface area (TPSA) is 53.9 Å². The fraction of sp³-hybridized carbons (Fsp3) is 0.556. The third-order valence-electron chi connectivity index (χ3n) is 5.36. The summed E-state index contributed by atoms with van der Waals surface area (Å²) in [7, 11) is 0. The highest BCUT2D eigenvalue weighted by Gasteiger charge is 2.50. The Bertz CT molecular complexity index is 589. The van der Waals surface area contributed by atoms with E-state index in [0.29, 0.717) is 12.7 Å². The highest BCUT2D eigenvalue weighted by molar-refractivity contribution is 6.07. The molecule has 3 atom stereocenters. The maximum absolute atomic E-state index is 12.9. The Kier molecular flexibility index (Phi) is 4.39. The number of hydrogen-bond donors (Lipinski definition) is 2. The van der Waals surface area contributed by atoms with Gasteiger partial charge in [-0.3, -0.25) is 4.79 Å². The number of imide groups is 1. The van der Waals surface area contributed by atoms with E-state index in [0.717, 1.165) is 18.5 Å². The van der Waals surface area contributed by atoms with Crippen LogP contribution in [0.5, 0.6) is 0 Å². The zero-order chi connectivity index (χ0) is 16.4. The summed E-state index contributed by atoms with van der Waals surface area (Å²) in [6.45, 7) is 5.50. The Morgan fingerprint density at radius 2 is 2.00 bits per heavy atom. The molecule has 0 radical (unpaired) electrons. The molecule has 1 aromatic carbocycles. The van der Waals surface area contributed by atoms with Gasteiger partial charge in [0.25, 0.3) is 5.91 Å². The molecule has 23 heavy (non-hydrogen) atoms. The van der Waals surface area contributed by atoms with Crippen molar-refractivity contribution in [2.24, 2.45) is 0 Å². The average Bonchev–Trinajstić information content (AvgIpc) is 2.80. The van der Waals surface area contributed by atoms with Gasteiger partial charge in [0.15, 0.2) is 6.67 Å². The van der Waals surface area contributed by atoms with E-state index in [2.05, 4.69) is 12.2 Å². The molecule has 2 heterocycles. The van der Waals surface area contributed by atoms with Crippen LogP contribution in [-0.4, -0.2) is 36.1 Å². The van der Waals surface area contributed by atoms with Gasteiger partial charge in [-0.05, 0) is 38.2 Å². The van der Waals surface area contributed by atoms with E-state index in [4.69, 9.17) is 0 Å². The van der Waals surface area contributed by atoms with Gasteiger partial charge in [0.05, 0.1) is 12.6 Å². The molecular formula is C18H26N3O2+. The zero-order valence-corrected chi connectivity index (χ0v) is 14.0. The van der Waals surface area contributed by atoms with Crippen LogP contribution in [0, 0.1) is 0 Å². The summed E-state index contributed by atoms with van der Waals surface area (Å²) in [5.41, 5.74) is -0.114. The molecule has 0 aromatic heterocycles. The molecule has 2 aliphatic rings. The molecular weight excluding hydrogens is 290 g/mol. The van der Waals surface area contributed by atoms with Gasteiger partial charge in [-0.25, -0.2) is 9.69 Å². The number of nitrogens with zero attached hydrogens (tertiary/aromatic N) is 1. The first-order valence-corrected chi connectivity index (χ1v) is 8.60. The summed E-state index contributed by atoms with van der Waals surface area (Å²) in [6, 6.07) is 9.77. The SMILES string of the molecule is CC[C@@H]1CCCC[NH+]1CN1C(=O)N[C@](C)(c2ccccc2)C1=O. The van der Waals surface area contributed by atoms with Crippen LogP contribution < -0.4 is 10.2 Å². The number of quaternary nitrogens is 1. The van der Waals surface area contributed by atoms with Crippen molar-refractivity contribution in [2.45, 2.75) is 51.1 Å². The molecule has 5 nitrogen and oxygen atoms in total. The van der Waals surface area contributed by atoms with Crippen LogP contribution >= 0.6 is 0 Å². The minimum Gasteiger partial charge on any atom is -0.319 e. The molecule has 0 aliphatic carbocycles. The molecule has 2 aliphatic heterocycles. The van der Waals surface area contributed by atoms with Gasteiger partial charge in [-0.15, -0.1) is 0 Å². The molecule has 0 spiro atoms. The molecule has 124 valence electrons. The Labute approximate surface area is 137 Å². The predicted molar refractivity (Wildman–Crippen MR) is 87.8 cm³/mol. The lowest BCUT2D eigenvalue weighted by Gasteiger charge is -2.33. The Hall–Kier alpha value is -1.88. The largest absolute Gasteiger partial charge is 0.329 e. The fourth-order valence-corrected chi connectivity index (χ4v) is 3.86. The van der Waals surface area contributed by atoms with E-state index in [1.807, 2.05) is 30.3 Å². The normalized spacial score (nSPS) is 31.3. The standard InChI is InChI=1S/C18H25N3O2/c1-3-15-11-7-8-12-20(15)13-21-16(22)18(2,19-17(21)23)14-9-5-4-6-10-14/h4-6,9-10,15H,3,7-8,11-13H2,1-2H3,(H,19,23)/p+1/t15-,18-/m1/s1. The maximum Gasteiger partial charge on any atom is 0.329 e. The second kappa shape index (κ2) is 6.32. The summed E-state index contributed by atoms with van der Waals surface area (Å²) >= 11 is 0. The van der Waals surface area contributed by atoms with Gasteiger partial charge < -0.3 is 10.2 Å². The number of amides is 3. The minimum absolute atomic E-state index is 0.137.